The molecule has 0 aliphatic heterocycles. The van der Waals surface area contributed by atoms with Crippen LogP contribution in [0.2, 0.25) is 0 Å². The minimum absolute atomic E-state index is 0.141. The van der Waals surface area contributed by atoms with E-state index in [0.717, 1.165) is 24.3 Å². The molecule has 0 unspecified atom stereocenters. The monoisotopic (exact) mass is 1010 g/mol. The van der Waals surface area contributed by atoms with Gasteiger partial charge in [0, 0.05) is 0 Å². The Morgan fingerprint density at radius 3 is 0.680 bits per heavy atom. The number of benzene rings is 8. The van der Waals surface area contributed by atoms with Crippen LogP contribution < -0.4 is 18.9 Å². The second-order valence-electron chi connectivity index (χ2n) is 15.7. The van der Waals surface area contributed by atoms with Gasteiger partial charge in [-0.2, -0.15) is 0 Å². The van der Waals surface area contributed by atoms with Gasteiger partial charge in [0.05, 0.1) is 22.3 Å². The molecule has 0 fully saturated rings. The zero-order chi connectivity index (χ0) is 53.5. The molecule has 0 atom stereocenters. The van der Waals surface area contributed by atoms with E-state index >= 15 is 0 Å². The molecule has 0 heterocycles. The van der Waals surface area contributed by atoms with Gasteiger partial charge in [-0.3, -0.25) is 0 Å². The van der Waals surface area contributed by atoms with E-state index in [-0.39, 0.29) is 46.0 Å². The summed E-state index contributed by atoms with van der Waals surface area (Å²) in [4.78, 5) is 99.0. The van der Waals surface area contributed by atoms with E-state index in [1.165, 1.54) is 72.8 Å². The average Bonchev–Trinajstić information content (AvgIpc) is 3.39. The lowest BCUT2D eigenvalue weighted by Crippen LogP contribution is -2.19. The average molecular weight is 1010 g/mol. The van der Waals surface area contributed by atoms with Gasteiger partial charge in [-0.25, -0.2) is 38.4 Å². The van der Waals surface area contributed by atoms with Gasteiger partial charge >= 0.3 is 47.8 Å². The molecule has 0 spiro atoms. The normalized spacial score (nSPS) is 10.6. The number of esters is 2. The molecular formula is C56H34O19. The third-order valence-corrected chi connectivity index (χ3v) is 11.0. The van der Waals surface area contributed by atoms with Crippen LogP contribution in [-0.4, -0.2) is 78.4 Å². The highest BCUT2D eigenvalue weighted by atomic mass is 16.6. The van der Waals surface area contributed by atoms with Crippen molar-refractivity contribution in [1.82, 2.24) is 0 Å². The van der Waals surface area contributed by atoms with Crippen molar-refractivity contribution in [1.29, 1.82) is 0 Å². The summed E-state index contributed by atoms with van der Waals surface area (Å²) in [5.74, 6) is -12.2. The zero-order valence-corrected chi connectivity index (χ0v) is 38.2. The minimum atomic E-state index is -1.62. The number of carbonyl (C=O) groups excluding carboxylic acids is 2. The van der Waals surface area contributed by atoms with Crippen molar-refractivity contribution < 1.29 is 92.7 Å². The lowest BCUT2D eigenvalue weighted by atomic mass is 10.0. The van der Waals surface area contributed by atoms with Crippen LogP contribution in [0.25, 0.3) is 22.3 Å². The molecule has 0 bridgehead atoms. The fourth-order valence-corrected chi connectivity index (χ4v) is 7.61. The highest BCUT2D eigenvalue weighted by Crippen LogP contribution is 2.36. The van der Waals surface area contributed by atoms with E-state index in [2.05, 4.69) is 0 Å². The third-order valence-electron chi connectivity index (χ3n) is 11.0. The number of carboxylic acids is 6. The number of rotatable bonds is 18. The fourth-order valence-electron chi connectivity index (χ4n) is 7.61. The van der Waals surface area contributed by atoms with Crippen LogP contribution in [0.1, 0.15) is 82.9 Å². The van der Waals surface area contributed by atoms with E-state index in [1.807, 2.05) is 0 Å². The summed E-state index contributed by atoms with van der Waals surface area (Å²) < 4.78 is 28.2. The van der Waals surface area contributed by atoms with Crippen molar-refractivity contribution in [3.8, 4) is 68.2 Å². The summed E-state index contributed by atoms with van der Waals surface area (Å²) in [6.45, 7) is 0. The Balaban J connectivity index is 0.930. The molecule has 372 valence electrons. The Labute approximate surface area is 421 Å². The first kappa shape index (κ1) is 50.3. The Hall–Kier alpha value is -11.1. The van der Waals surface area contributed by atoms with Crippen LogP contribution >= 0.6 is 0 Å². The van der Waals surface area contributed by atoms with Crippen LogP contribution in [0.15, 0.2) is 170 Å². The standard InChI is InChI=1S/C56H34O19/c57-49(58)37-5-1-9-41(45(37)51(61)62)71-33-21-13-29(14-22-33)31-17-25-35(26-18-31)73-43-11-3-7-39(47(43)53(65)66)55(69)75-56(70)40-8-4-12-44(48(40)54(67)68)74-36-27-19-32(20-28-36)30-15-23-34(24-16-30)72-42-10-2-6-38(50(59)60)46(42)52(63)64/h1-28H,(H,57,58)(H,59,60)(H,61,62)(H,63,64)(H,65,66)(H,67,68). The van der Waals surface area contributed by atoms with Gasteiger partial charge in [-0.1, -0.05) is 72.8 Å². The van der Waals surface area contributed by atoms with Gasteiger partial charge in [0.25, 0.3) is 0 Å². The molecule has 19 nitrogen and oxygen atoms in total. The molecule has 0 amide bonds. The Kier molecular flexibility index (Phi) is 14.4. The number of hydrogen-bond donors (Lipinski definition) is 6. The van der Waals surface area contributed by atoms with Crippen molar-refractivity contribution in [3.63, 3.8) is 0 Å². The van der Waals surface area contributed by atoms with E-state index in [9.17, 15) is 69.0 Å². The lowest BCUT2D eigenvalue weighted by Gasteiger charge is -2.14. The van der Waals surface area contributed by atoms with E-state index < -0.39 is 92.3 Å². The Morgan fingerprint density at radius 2 is 0.467 bits per heavy atom. The van der Waals surface area contributed by atoms with Crippen LogP contribution in [0.3, 0.4) is 0 Å². The van der Waals surface area contributed by atoms with Crippen LogP contribution in [0.5, 0.6) is 46.0 Å². The second-order valence-corrected chi connectivity index (χ2v) is 15.7. The Morgan fingerprint density at radius 1 is 0.253 bits per heavy atom. The fraction of sp³-hybridized carbons (Fsp3) is 0. The van der Waals surface area contributed by atoms with Gasteiger partial charge in [0.15, 0.2) is 0 Å². The van der Waals surface area contributed by atoms with Gasteiger partial charge in [-0.15, -0.1) is 0 Å². The van der Waals surface area contributed by atoms with E-state index in [1.54, 1.807) is 72.8 Å². The van der Waals surface area contributed by atoms with Crippen molar-refractivity contribution in [3.05, 3.63) is 214 Å². The molecule has 0 aliphatic carbocycles. The van der Waals surface area contributed by atoms with Crippen LogP contribution in [-0.2, 0) is 4.74 Å². The highest BCUT2D eigenvalue weighted by Gasteiger charge is 2.29. The van der Waals surface area contributed by atoms with Crippen LogP contribution in [0.4, 0.5) is 0 Å². The number of ether oxygens (including phenoxy) is 5. The number of hydrogen-bond acceptors (Lipinski definition) is 13. The molecule has 6 N–H and O–H groups in total. The molecule has 8 aromatic carbocycles. The maximum Gasteiger partial charge on any atom is 0.347 e. The zero-order valence-electron chi connectivity index (χ0n) is 38.2. The summed E-state index contributed by atoms with van der Waals surface area (Å²) in [5.41, 5.74) is -1.77. The quantitative estimate of drug-likeness (QED) is 0.0344. The summed E-state index contributed by atoms with van der Waals surface area (Å²) >= 11 is 0. The predicted octanol–water partition coefficient (Wildman–Crippen LogP) is 11.4. The molecule has 0 saturated heterocycles. The predicted molar refractivity (Wildman–Crippen MR) is 261 cm³/mol. The molecule has 8 aromatic rings. The SMILES string of the molecule is O=C(O)c1cccc(Oc2ccc(-c3ccc(Oc4cccc(C(=O)OC(=O)c5cccc(Oc6ccc(-c7ccc(Oc8cccc(C(=O)O)c8C(=O)O)cc7)cc6)c5C(=O)O)c4C(=O)O)cc3)cc2)c1C(=O)O. The molecule has 19 heteroatoms. The summed E-state index contributed by atoms with van der Waals surface area (Å²) in [7, 11) is 0. The minimum Gasteiger partial charge on any atom is -0.478 e. The van der Waals surface area contributed by atoms with Gasteiger partial charge in [0.2, 0.25) is 0 Å². The second kappa shape index (κ2) is 21.5. The van der Waals surface area contributed by atoms with Gasteiger partial charge < -0.3 is 54.3 Å². The van der Waals surface area contributed by atoms with Crippen LogP contribution in [0, 0.1) is 0 Å². The highest BCUT2D eigenvalue weighted by molar-refractivity contribution is 6.12. The molecule has 8 rings (SSSR count). The molecule has 75 heavy (non-hydrogen) atoms. The Bertz CT molecular complexity index is 3360. The summed E-state index contributed by atoms with van der Waals surface area (Å²) in [5, 5.41) is 58.5. The van der Waals surface area contributed by atoms with Gasteiger partial charge in [0.1, 0.15) is 68.2 Å². The molecule has 0 aliphatic rings. The maximum absolute atomic E-state index is 13.5. The maximum atomic E-state index is 13.5. The smallest absolute Gasteiger partial charge is 0.347 e. The van der Waals surface area contributed by atoms with Crippen molar-refractivity contribution >= 4 is 47.8 Å². The van der Waals surface area contributed by atoms with Crippen molar-refractivity contribution in [2.45, 2.75) is 0 Å². The molecule has 0 radical (unpaired) electrons. The number of aromatic carboxylic acids is 6. The third kappa shape index (κ3) is 11.1. The molecular weight excluding hydrogens is 977 g/mol. The summed E-state index contributed by atoms with van der Waals surface area (Å²) in [6, 6.07) is 40.4. The molecule has 0 saturated carbocycles. The first-order valence-electron chi connectivity index (χ1n) is 21.8. The largest absolute Gasteiger partial charge is 0.478 e. The van der Waals surface area contributed by atoms with Crippen molar-refractivity contribution in [2.24, 2.45) is 0 Å². The summed E-state index contributed by atoms with van der Waals surface area (Å²) in [6.07, 6.45) is 0. The number of carbonyl (C=O) groups is 8. The van der Waals surface area contributed by atoms with Gasteiger partial charge in [-0.05, 0) is 119 Å². The number of carboxylic acid groups (broad SMARTS) is 6. The van der Waals surface area contributed by atoms with E-state index in [0.29, 0.717) is 22.3 Å². The van der Waals surface area contributed by atoms with Crippen molar-refractivity contribution in [2.75, 3.05) is 0 Å². The molecule has 0 aromatic heterocycles. The van der Waals surface area contributed by atoms with E-state index in [4.69, 9.17) is 23.7 Å². The first-order chi connectivity index (χ1) is 36.0. The lowest BCUT2D eigenvalue weighted by molar-refractivity contribution is 0.0384. The first-order valence-corrected chi connectivity index (χ1v) is 21.8. The topological polar surface area (TPSA) is 304 Å².